The molecule has 7 nitrogen and oxygen atoms in total. The molecule has 1 N–H and O–H groups in total. The Morgan fingerprint density at radius 2 is 1.85 bits per heavy atom. The zero-order valence-corrected chi connectivity index (χ0v) is 14.6. The van der Waals surface area contributed by atoms with Crippen molar-refractivity contribution in [3.05, 3.63) is 59.9 Å². The van der Waals surface area contributed by atoms with E-state index >= 15 is 0 Å². The highest BCUT2D eigenvalue weighted by Gasteiger charge is 2.13. The molecule has 3 rings (SSSR count). The number of carbonyl (C=O) groups is 1. The molecule has 0 aliphatic rings. The molecule has 0 spiro atoms. The number of nitrogens with one attached hydrogen (secondary N) is 1. The second-order valence-electron chi connectivity index (χ2n) is 5.52. The number of methoxy groups -OCH3 is 1. The Bertz CT molecular complexity index is 892. The van der Waals surface area contributed by atoms with Crippen molar-refractivity contribution < 1.29 is 18.8 Å². The lowest BCUT2D eigenvalue weighted by molar-refractivity contribution is -0.123. The molecule has 0 aliphatic carbocycles. The molecule has 0 saturated heterocycles. The van der Waals surface area contributed by atoms with Crippen molar-refractivity contribution in [1.29, 1.82) is 0 Å². The molecule has 7 heteroatoms. The number of ether oxygens (including phenoxy) is 2. The van der Waals surface area contributed by atoms with E-state index < -0.39 is 0 Å². The molecule has 3 aromatic rings. The van der Waals surface area contributed by atoms with Gasteiger partial charge in [-0.2, -0.15) is 4.98 Å². The Kier molecular flexibility index (Phi) is 5.48. The van der Waals surface area contributed by atoms with Gasteiger partial charge in [0.15, 0.2) is 12.4 Å². The lowest BCUT2D eigenvalue weighted by Crippen LogP contribution is -2.28. The minimum atomic E-state index is -0.243. The van der Waals surface area contributed by atoms with Gasteiger partial charge in [0.2, 0.25) is 0 Å². The van der Waals surface area contributed by atoms with Gasteiger partial charge < -0.3 is 19.3 Å². The summed E-state index contributed by atoms with van der Waals surface area (Å²) in [5, 5.41) is 6.59. The molecule has 0 unspecified atom stereocenters. The van der Waals surface area contributed by atoms with Crippen LogP contribution in [0.5, 0.6) is 11.5 Å². The van der Waals surface area contributed by atoms with Gasteiger partial charge in [0.05, 0.1) is 12.7 Å². The smallest absolute Gasteiger partial charge is 0.261 e. The van der Waals surface area contributed by atoms with E-state index in [4.69, 9.17) is 14.0 Å². The van der Waals surface area contributed by atoms with Crippen LogP contribution in [0.1, 0.15) is 11.4 Å². The van der Waals surface area contributed by atoms with E-state index in [-0.39, 0.29) is 12.5 Å². The summed E-state index contributed by atoms with van der Waals surface area (Å²) in [5.41, 5.74) is 1.54. The highest BCUT2D eigenvalue weighted by molar-refractivity contribution is 5.78. The van der Waals surface area contributed by atoms with E-state index in [2.05, 4.69) is 15.5 Å². The monoisotopic (exact) mass is 353 g/mol. The van der Waals surface area contributed by atoms with E-state index in [0.29, 0.717) is 29.6 Å². The predicted octanol–water partition coefficient (Wildman–Crippen LogP) is 2.75. The summed E-state index contributed by atoms with van der Waals surface area (Å²) in [7, 11) is 1.60. The maximum atomic E-state index is 12.1. The third-order valence-corrected chi connectivity index (χ3v) is 3.67. The second kappa shape index (κ2) is 8.15. The van der Waals surface area contributed by atoms with Crippen molar-refractivity contribution in [2.45, 2.75) is 13.5 Å². The molecule has 26 heavy (non-hydrogen) atoms. The number of aromatic nitrogens is 2. The average Bonchev–Trinajstić information content (AvgIpc) is 3.11. The van der Waals surface area contributed by atoms with Crippen LogP contribution in [0.4, 0.5) is 0 Å². The van der Waals surface area contributed by atoms with Crippen molar-refractivity contribution in [2.75, 3.05) is 13.7 Å². The first-order chi connectivity index (χ1) is 12.7. The number of aryl methyl sites for hydroxylation is 1. The third kappa shape index (κ3) is 4.18. The van der Waals surface area contributed by atoms with Crippen molar-refractivity contribution >= 4 is 5.91 Å². The molecule has 0 saturated carbocycles. The van der Waals surface area contributed by atoms with Gasteiger partial charge in [-0.15, -0.1) is 0 Å². The maximum absolute atomic E-state index is 12.1. The fourth-order valence-corrected chi connectivity index (χ4v) is 2.41. The first-order valence-electron chi connectivity index (χ1n) is 8.08. The number of benzene rings is 2. The molecule has 1 heterocycles. The standard InChI is InChI=1S/C19H19N3O4/c1-13-21-19(26-22-13)15-8-4-6-10-17(15)25-12-18(23)20-11-14-7-3-5-9-16(14)24-2/h3-10H,11-12H2,1-2H3,(H,20,23). The zero-order chi connectivity index (χ0) is 18.4. The molecule has 1 amide bonds. The average molecular weight is 353 g/mol. The van der Waals surface area contributed by atoms with Crippen molar-refractivity contribution in [3.63, 3.8) is 0 Å². The van der Waals surface area contributed by atoms with Gasteiger partial charge in [0.1, 0.15) is 11.5 Å². The molecular formula is C19H19N3O4. The summed E-state index contributed by atoms with van der Waals surface area (Å²) >= 11 is 0. The number of hydrogen-bond donors (Lipinski definition) is 1. The molecule has 2 aromatic carbocycles. The number of para-hydroxylation sites is 2. The summed E-state index contributed by atoms with van der Waals surface area (Å²) < 4.78 is 16.1. The Morgan fingerprint density at radius 1 is 1.12 bits per heavy atom. The van der Waals surface area contributed by atoms with E-state index in [9.17, 15) is 4.79 Å². The van der Waals surface area contributed by atoms with Crippen molar-refractivity contribution in [3.8, 4) is 23.0 Å². The van der Waals surface area contributed by atoms with Crippen LogP contribution in [0.3, 0.4) is 0 Å². The first kappa shape index (κ1) is 17.5. The lowest BCUT2D eigenvalue weighted by atomic mass is 10.2. The molecular weight excluding hydrogens is 334 g/mol. The van der Waals surface area contributed by atoms with Gasteiger partial charge >= 0.3 is 0 Å². The van der Waals surface area contributed by atoms with Gasteiger partial charge in [-0.3, -0.25) is 4.79 Å². The van der Waals surface area contributed by atoms with Gasteiger partial charge in [-0.05, 0) is 25.1 Å². The molecule has 0 radical (unpaired) electrons. The normalized spacial score (nSPS) is 10.4. The lowest BCUT2D eigenvalue weighted by Gasteiger charge is -2.11. The Labute approximate surface area is 150 Å². The summed E-state index contributed by atoms with van der Waals surface area (Å²) in [6.45, 7) is 1.97. The number of amides is 1. The van der Waals surface area contributed by atoms with Crippen LogP contribution in [0, 0.1) is 6.92 Å². The highest BCUT2D eigenvalue weighted by atomic mass is 16.5. The second-order valence-corrected chi connectivity index (χ2v) is 5.52. The molecule has 1 aromatic heterocycles. The van der Waals surface area contributed by atoms with Crippen LogP contribution in [0.25, 0.3) is 11.5 Å². The first-order valence-corrected chi connectivity index (χ1v) is 8.08. The van der Waals surface area contributed by atoms with E-state index in [1.54, 1.807) is 26.2 Å². The van der Waals surface area contributed by atoms with Gasteiger partial charge in [-0.25, -0.2) is 0 Å². The fraction of sp³-hybridized carbons (Fsp3) is 0.211. The van der Waals surface area contributed by atoms with Crippen LogP contribution >= 0.6 is 0 Å². The van der Waals surface area contributed by atoms with Crippen LogP contribution in [0.2, 0.25) is 0 Å². The molecule has 0 bridgehead atoms. The van der Waals surface area contributed by atoms with Crippen molar-refractivity contribution in [1.82, 2.24) is 15.5 Å². The molecule has 134 valence electrons. The van der Waals surface area contributed by atoms with Gasteiger partial charge in [0, 0.05) is 12.1 Å². The molecule has 0 atom stereocenters. The van der Waals surface area contributed by atoms with Crippen LogP contribution in [0.15, 0.2) is 53.1 Å². The van der Waals surface area contributed by atoms with E-state index in [1.807, 2.05) is 36.4 Å². The largest absolute Gasteiger partial charge is 0.496 e. The predicted molar refractivity (Wildman–Crippen MR) is 94.8 cm³/mol. The van der Waals surface area contributed by atoms with Crippen LogP contribution < -0.4 is 14.8 Å². The maximum Gasteiger partial charge on any atom is 0.261 e. The number of carbonyl (C=O) groups excluding carboxylic acids is 1. The minimum absolute atomic E-state index is 0.126. The quantitative estimate of drug-likeness (QED) is 0.703. The Morgan fingerprint density at radius 3 is 2.58 bits per heavy atom. The number of rotatable bonds is 7. The summed E-state index contributed by atoms with van der Waals surface area (Å²) in [6, 6.07) is 14.7. The van der Waals surface area contributed by atoms with E-state index in [0.717, 1.165) is 11.3 Å². The SMILES string of the molecule is COc1ccccc1CNC(=O)COc1ccccc1-c1nc(C)no1. The third-order valence-electron chi connectivity index (χ3n) is 3.67. The Balaban J connectivity index is 1.60. The Hall–Kier alpha value is -3.35. The van der Waals surface area contributed by atoms with Crippen molar-refractivity contribution in [2.24, 2.45) is 0 Å². The summed E-state index contributed by atoms with van der Waals surface area (Å²) in [4.78, 5) is 16.3. The topological polar surface area (TPSA) is 86.5 Å². The van der Waals surface area contributed by atoms with Gasteiger partial charge in [-0.1, -0.05) is 35.5 Å². The fourth-order valence-electron chi connectivity index (χ4n) is 2.41. The number of nitrogens with zero attached hydrogens (tertiary/aromatic N) is 2. The molecule has 0 aliphatic heterocycles. The molecule has 0 fully saturated rings. The van der Waals surface area contributed by atoms with E-state index in [1.165, 1.54) is 0 Å². The van der Waals surface area contributed by atoms with Gasteiger partial charge in [0.25, 0.3) is 11.8 Å². The summed E-state index contributed by atoms with van der Waals surface area (Å²) in [5.74, 6) is 1.87. The summed E-state index contributed by atoms with van der Waals surface area (Å²) in [6.07, 6.45) is 0. The van der Waals surface area contributed by atoms with Crippen LogP contribution in [-0.2, 0) is 11.3 Å². The van der Waals surface area contributed by atoms with Crippen LogP contribution in [-0.4, -0.2) is 29.8 Å². The zero-order valence-electron chi connectivity index (χ0n) is 14.6. The highest BCUT2D eigenvalue weighted by Crippen LogP contribution is 2.28. The number of hydrogen-bond acceptors (Lipinski definition) is 6. The minimum Gasteiger partial charge on any atom is -0.496 e.